The van der Waals surface area contributed by atoms with Gasteiger partial charge in [0.05, 0.1) is 30.7 Å². The van der Waals surface area contributed by atoms with Crippen LogP contribution in [0.4, 0.5) is 0 Å². The SMILES string of the molecule is CCCC(N)c1cn(Cc2cnn(CC)c2)nn1. The van der Waals surface area contributed by atoms with E-state index in [1.54, 1.807) is 0 Å². The van der Waals surface area contributed by atoms with Gasteiger partial charge in [-0.15, -0.1) is 5.10 Å². The Balaban J connectivity index is 2.01. The first-order valence-corrected chi connectivity index (χ1v) is 6.39. The minimum absolute atomic E-state index is 0.0119. The Kier molecular flexibility index (Phi) is 4.09. The molecule has 0 fully saturated rings. The molecule has 1 unspecified atom stereocenters. The fourth-order valence-electron chi connectivity index (χ4n) is 1.87. The van der Waals surface area contributed by atoms with Crippen LogP contribution in [0.5, 0.6) is 0 Å². The smallest absolute Gasteiger partial charge is 0.0994 e. The summed E-state index contributed by atoms with van der Waals surface area (Å²) in [6.07, 6.45) is 7.79. The number of rotatable bonds is 6. The molecule has 2 rings (SSSR count). The molecule has 0 aliphatic rings. The van der Waals surface area contributed by atoms with Crippen LogP contribution in [-0.4, -0.2) is 24.8 Å². The largest absolute Gasteiger partial charge is 0.323 e. The van der Waals surface area contributed by atoms with Crippen LogP contribution in [0, 0.1) is 0 Å². The van der Waals surface area contributed by atoms with Crippen molar-refractivity contribution in [2.24, 2.45) is 5.73 Å². The second-order valence-electron chi connectivity index (χ2n) is 4.44. The molecule has 0 aliphatic heterocycles. The van der Waals surface area contributed by atoms with Gasteiger partial charge in [0.2, 0.25) is 0 Å². The zero-order valence-corrected chi connectivity index (χ0v) is 11.0. The summed E-state index contributed by atoms with van der Waals surface area (Å²) in [6.45, 7) is 5.74. The molecule has 0 saturated carbocycles. The van der Waals surface area contributed by atoms with Gasteiger partial charge in [-0.25, -0.2) is 4.68 Å². The lowest BCUT2D eigenvalue weighted by molar-refractivity contribution is 0.617. The molecule has 0 amide bonds. The number of nitrogens with two attached hydrogens (primary N) is 1. The molecule has 0 spiro atoms. The van der Waals surface area contributed by atoms with Crippen LogP contribution in [0.15, 0.2) is 18.6 Å². The zero-order chi connectivity index (χ0) is 13.0. The molecule has 0 aromatic carbocycles. The first kappa shape index (κ1) is 12.8. The summed E-state index contributed by atoms with van der Waals surface area (Å²) in [5.41, 5.74) is 7.99. The maximum atomic E-state index is 6.01. The average molecular weight is 248 g/mol. The van der Waals surface area contributed by atoms with Gasteiger partial charge in [0.25, 0.3) is 0 Å². The highest BCUT2D eigenvalue weighted by atomic mass is 15.4. The van der Waals surface area contributed by atoms with Crippen molar-refractivity contribution in [3.05, 3.63) is 29.8 Å². The van der Waals surface area contributed by atoms with Crippen molar-refractivity contribution in [3.63, 3.8) is 0 Å². The van der Waals surface area contributed by atoms with Gasteiger partial charge in [0.1, 0.15) is 0 Å². The van der Waals surface area contributed by atoms with Crippen molar-refractivity contribution >= 4 is 0 Å². The number of hydrogen-bond donors (Lipinski definition) is 1. The van der Waals surface area contributed by atoms with Crippen molar-refractivity contribution in [2.45, 2.75) is 45.8 Å². The maximum Gasteiger partial charge on any atom is 0.0994 e. The molecule has 2 N–H and O–H groups in total. The number of aromatic nitrogens is 5. The third-order valence-electron chi connectivity index (χ3n) is 2.89. The second-order valence-corrected chi connectivity index (χ2v) is 4.44. The molecule has 18 heavy (non-hydrogen) atoms. The molecular formula is C12H20N6. The number of aryl methyl sites for hydroxylation is 1. The summed E-state index contributed by atoms with van der Waals surface area (Å²) in [5.74, 6) is 0. The van der Waals surface area contributed by atoms with Gasteiger partial charge in [-0.05, 0) is 13.3 Å². The minimum atomic E-state index is -0.0119. The van der Waals surface area contributed by atoms with Gasteiger partial charge >= 0.3 is 0 Å². The Hall–Kier alpha value is -1.69. The summed E-state index contributed by atoms with van der Waals surface area (Å²) in [6, 6.07) is -0.0119. The van der Waals surface area contributed by atoms with Crippen molar-refractivity contribution in [1.29, 1.82) is 0 Å². The van der Waals surface area contributed by atoms with E-state index in [4.69, 9.17) is 5.73 Å². The molecule has 98 valence electrons. The normalized spacial score (nSPS) is 12.8. The lowest BCUT2D eigenvalue weighted by atomic mass is 10.1. The van der Waals surface area contributed by atoms with E-state index in [0.717, 1.165) is 30.6 Å². The summed E-state index contributed by atoms with van der Waals surface area (Å²) in [4.78, 5) is 0. The lowest BCUT2D eigenvalue weighted by Gasteiger charge is -2.04. The minimum Gasteiger partial charge on any atom is -0.323 e. The maximum absolute atomic E-state index is 6.01. The second kappa shape index (κ2) is 5.77. The van der Waals surface area contributed by atoms with Gasteiger partial charge in [0, 0.05) is 18.3 Å². The summed E-state index contributed by atoms with van der Waals surface area (Å²) < 4.78 is 3.71. The first-order chi connectivity index (χ1) is 8.72. The predicted molar refractivity (Wildman–Crippen MR) is 68.9 cm³/mol. The van der Waals surface area contributed by atoms with Crippen LogP contribution < -0.4 is 5.73 Å². The summed E-state index contributed by atoms with van der Waals surface area (Å²) >= 11 is 0. The van der Waals surface area contributed by atoms with Gasteiger partial charge in [-0.1, -0.05) is 18.6 Å². The summed E-state index contributed by atoms with van der Waals surface area (Å²) in [7, 11) is 0. The molecule has 0 bridgehead atoms. The van der Waals surface area contributed by atoms with Gasteiger partial charge < -0.3 is 5.73 Å². The van der Waals surface area contributed by atoms with Crippen molar-refractivity contribution < 1.29 is 0 Å². The molecule has 0 aliphatic carbocycles. The van der Waals surface area contributed by atoms with Crippen LogP contribution in [0.1, 0.15) is 44.0 Å². The number of hydrogen-bond acceptors (Lipinski definition) is 4. The van der Waals surface area contributed by atoms with E-state index in [-0.39, 0.29) is 6.04 Å². The van der Waals surface area contributed by atoms with E-state index in [2.05, 4.69) is 29.3 Å². The van der Waals surface area contributed by atoms with E-state index in [9.17, 15) is 0 Å². The molecule has 6 heteroatoms. The zero-order valence-electron chi connectivity index (χ0n) is 11.0. The highest BCUT2D eigenvalue weighted by Gasteiger charge is 2.10. The molecule has 2 aromatic rings. The Bertz CT molecular complexity index is 486. The van der Waals surface area contributed by atoms with Crippen molar-refractivity contribution in [2.75, 3.05) is 0 Å². The summed E-state index contributed by atoms with van der Waals surface area (Å²) in [5, 5.41) is 12.5. The third kappa shape index (κ3) is 2.95. The van der Waals surface area contributed by atoms with E-state index >= 15 is 0 Å². The third-order valence-corrected chi connectivity index (χ3v) is 2.89. The van der Waals surface area contributed by atoms with E-state index < -0.39 is 0 Å². The molecule has 2 aromatic heterocycles. The fourth-order valence-corrected chi connectivity index (χ4v) is 1.87. The Morgan fingerprint density at radius 2 is 2.11 bits per heavy atom. The van der Waals surface area contributed by atoms with Crippen LogP contribution in [0.2, 0.25) is 0 Å². The molecule has 6 nitrogen and oxygen atoms in total. The standard InChI is InChI=1S/C12H20N6/c1-3-5-11(13)12-9-18(16-15-12)8-10-6-14-17(4-2)7-10/h6-7,9,11H,3-5,8,13H2,1-2H3. The Labute approximate surface area is 107 Å². The van der Waals surface area contributed by atoms with Crippen LogP contribution in [0.25, 0.3) is 0 Å². The Morgan fingerprint density at radius 3 is 2.78 bits per heavy atom. The molecular weight excluding hydrogens is 228 g/mol. The number of nitrogens with zero attached hydrogens (tertiary/aromatic N) is 5. The predicted octanol–water partition coefficient (Wildman–Crippen LogP) is 1.34. The Morgan fingerprint density at radius 1 is 1.28 bits per heavy atom. The van der Waals surface area contributed by atoms with E-state index in [0.29, 0.717) is 6.54 Å². The average Bonchev–Trinajstić information content (AvgIpc) is 2.99. The lowest BCUT2D eigenvalue weighted by Crippen LogP contribution is -2.10. The van der Waals surface area contributed by atoms with E-state index in [1.807, 2.05) is 28.0 Å². The van der Waals surface area contributed by atoms with Gasteiger partial charge in [-0.2, -0.15) is 5.10 Å². The highest BCUT2D eigenvalue weighted by Crippen LogP contribution is 2.12. The van der Waals surface area contributed by atoms with Crippen molar-refractivity contribution in [1.82, 2.24) is 24.8 Å². The van der Waals surface area contributed by atoms with Crippen molar-refractivity contribution in [3.8, 4) is 0 Å². The monoisotopic (exact) mass is 248 g/mol. The van der Waals surface area contributed by atoms with Crippen LogP contribution in [0.3, 0.4) is 0 Å². The molecule has 0 radical (unpaired) electrons. The van der Waals surface area contributed by atoms with E-state index in [1.165, 1.54) is 0 Å². The molecule has 1 atom stereocenters. The highest BCUT2D eigenvalue weighted by molar-refractivity contribution is 5.06. The van der Waals surface area contributed by atoms with Crippen LogP contribution in [-0.2, 0) is 13.1 Å². The molecule has 0 saturated heterocycles. The first-order valence-electron chi connectivity index (χ1n) is 6.39. The quantitative estimate of drug-likeness (QED) is 0.837. The van der Waals surface area contributed by atoms with Crippen LogP contribution >= 0.6 is 0 Å². The fraction of sp³-hybridized carbons (Fsp3) is 0.583. The van der Waals surface area contributed by atoms with Gasteiger partial charge in [-0.3, -0.25) is 4.68 Å². The topological polar surface area (TPSA) is 74.6 Å². The molecule has 2 heterocycles. The van der Waals surface area contributed by atoms with Gasteiger partial charge in [0.15, 0.2) is 0 Å².